The fraction of sp³-hybridized carbons (Fsp3) is 0.417. The lowest BCUT2D eigenvalue weighted by Crippen LogP contribution is -1.89. The fourth-order valence-corrected chi connectivity index (χ4v) is 1.15. The maximum atomic E-state index is 4.27. The van der Waals surface area contributed by atoms with Gasteiger partial charge in [0.15, 0.2) is 0 Å². The highest BCUT2D eigenvalue weighted by Crippen LogP contribution is 2.14. The molecular weight excluding hydrogens is 158 g/mol. The van der Waals surface area contributed by atoms with Gasteiger partial charge in [0, 0.05) is 6.20 Å². The van der Waals surface area contributed by atoms with Crippen LogP contribution in [0.3, 0.4) is 0 Å². The Bertz CT molecular complexity index is 287. The first kappa shape index (κ1) is 9.97. The summed E-state index contributed by atoms with van der Waals surface area (Å²) in [6, 6.07) is 4.23. The smallest absolute Gasteiger partial charge is 0.0629 e. The van der Waals surface area contributed by atoms with E-state index in [0.717, 1.165) is 12.1 Å². The van der Waals surface area contributed by atoms with Crippen molar-refractivity contribution in [2.45, 2.75) is 33.1 Å². The monoisotopic (exact) mass is 175 g/mol. The van der Waals surface area contributed by atoms with Crippen molar-refractivity contribution in [3.05, 3.63) is 35.7 Å². The molecule has 1 heterocycles. The molecule has 0 aromatic carbocycles. The Morgan fingerprint density at radius 2 is 2.23 bits per heavy atom. The lowest BCUT2D eigenvalue weighted by Gasteiger charge is -2.04. The first-order valence-corrected chi connectivity index (χ1v) is 4.86. The SMILES string of the molecule is CC/C=C/c1cc(C(C)C)ccn1. The van der Waals surface area contributed by atoms with Gasteiger partial charge in [0.2, 0.25) is 0 Å². The highest BCUT2D eigenvalue weighted by atomic mass is 14.7. The molecule has 0 saturated heterocycles. The second-order valence-electron chi connectivity index (χ2n) is 3.48. The van der Waals surface area contributed by atoms with Crippen LogP contribution >= 0.6 is 0 Å². The third kappa shape index (κ3) is 3.02. The van der Waals surface area contributed by atoms with Crippen LogP contribution in [0.2, 0.25) is 0 Å². The summed E-state index contributed by atoms with van der Waals surface area (Å²) in [4.78, 5) is 4.27. The first-order valence-electron chi connectivity index (χ1n) is 4.86. The molecule has 0 unspecified atom stereocenters. The Kier molecular flexibility index (Phi) is 3.69. The van der Waals surface area contributed by atoms with Crippen LogP contribution in [-0.2, 0) is 0 Å². The molecule has 1 aromatic heterocycles. The summed E-state index contributed by atoms with van der Waals surface area (Å²) in [5, 5.41) is 0. The van der Waals surface area contributed by atoms with Crippen LogP contribution in [0.4, 0.5) is 0 Å². The van der Waals surface area contributed by atoms with E-state index in [9.17, 15) is 0 Å². The van der Waals surface area contributed by atoms with E-state index in [-0.39, 0.29) is 0 Å². The predicted molar refractivity (Wildman–Crippen MR) is 57.7 cm³/mol. The largest absolute Gasteiger partial charge is 0.257 e. The second-order valence-corrected chi connectivity index (χ2v) is 3.48. The Morgan fingerprint density at radius 1 is 1.46 bits per heavy atom. The summed E-state index contributed by atoms with van der Waals surface area (Å²) in [5.74, 6) is 0.580. The Balaban J connectivity index is 2.85. The molecule has 0 atom stereocenters. The molecule has 0 aliphatic rings. The zero-order valence-corrected chi connectivity index (χ0v) is 8.62. The van der Waals surface area contributed by atoms with Gasteiger partial charge in [-0.25, -0.2) is 0 Å². The minimum atomic E-state index is 0.580. The molecule has 0 saturated carbocycles. The van der Waals surface area contributed by atoms with Gasteiger partial charge >= 0.3 is 0 Å². The van der Waals surface area contributed by atoms with Gasteiger partial charge in [-0.2, -0.15) is 0 Å². The van der Waals surface area contributed by atoms with E-state index in [1.165, 1.54) is 5.56 Å². The summed E-state index contributed by atoms with van der Waals surface area (Å²) in [6.07, 6.45) is 7.15. The molecule has 0 aliphatic carbocycles. The normalized spacial score (nSPS) is 11.4. The molecule has 0 aliphatic heterocycles. The lowest BCUT2D eigenvalue weighted by atomic mass is 10.0. The first-order chi connectivity index (χ1) is 6.24. The van der Waals surface area contributed by atoms with Crippen molar-refractivity contribution in [3.63, 3.8) is 0 Å². The van der Waals surface area contributed by atoms with Crippen LogP contribution in [0.1, 0.15) is 44.4 Å². The summed E-state index contributed by atoms with van der Waals surface area (Å²) in [7, 11) is 0. The van der Waals surface area contributed by atoms with E-state index in [4.69, 9.17) is 0 Å². The summed E-state index contributed by atoms with van der Waals surface area (Å²) in [6.45, 7) is 6.52. The van der Waals surface area contributed by atoms with Crippen molar-refractivity contribution in [2.75, 3.05) is 0 Å². The van der Waals surface area contributed by atoms with Crippen LogP contribution < -0.4 is 0 Å². The van der Waals surface area contributed by atoms with Gasteiger partial charge in [-0.15, -0.1) is 0 Å². The van der Waals surface area contributed by atoms with E-state index in [0.29, 0.717) is 5.92 Å². The fourth-order valence-electron chi connectivity index (χ4n) is 1.15. The average molecular weight is 175 g/mol. The summed E-state index contributed by atoms with van der Waals surface area (Å²) < 4.78 is 0. The van der Waals surface area contributed by atoms with Gasteiger partial charge < -0.3 is 0 Å². The quantitative estimate of drug-likeness (QED) is 0.683. The third-order valence-corrected chi connectivity index (χ3v) is 2.00. The topological polar surface area (TPSA) is 12.9 Å². The van der Waals surface area contributed by atoms with Gasteiger partial charge in [-0.3, -0.25) is 4.98 Å². The molecule has 0 amide bonds. The van der Waals surface area contributed by atoms with Crippen molar-refractivity contribution < 1.29 is 0 Å². The number of aromatic nitrogens is 1. The zero-order valence-electron chi connectivity index (χ0n) is 8.62. The number of hydrogen-bond donors (Lipinski definition) is 0. The number of rotatable bonds is 3. The number of hydrogen-bond acceptors (Lipinski definition) is 1. The maximum Gasteiger partial charge on any atom is 0.0629 e. The van der Waals surface area contributed by atoms with Crippen LogP contribution in [-0.4, -0.2) is 4.98 Å². The second kappa shape index (κ2) is 4.80. The Labute approximate surface area is 80.5 Å². The van der Waals surface area contributed by atoms with Gasteiger partial charge in [-0.05, 0) is 36.1 Å². The highest BCUT2D eigenvalue weighted by Gasteiger charge is 1.98. The molecule has 1 rings (SSSR count). The molecule has 0 radical (unpaired) electrons. The van der Waals surface area contributed by atoms with Crippen molar-refractivity contribution in [3.8, 4) is 0 Å². The highest BCUT2D eigenvalue weighted by molar-refractivity contribution is 5.45. The molecule has 0 N–H and O–H groups in total. The third-order valence-electron chi connectivity index (χ3n) is 2.00. The van der Waals surface area contributed by atoms with E-state index in [1.807, 2.05) is 6.20 Å². The maximum absolute atomic E-state index is 4.27. The van der Waals surface area contributed by atoms with Crippen molar-refractivity contribution in [1.29, 1.82) is 0 Å². The Hall–Kier alpha value is -1.11. The van der Waals surface area contributed by atoms with Gasteiger partial charge in [0.25, 0.3) is 0 Å². The molecule has 1 nitrogen and oxygen atoms in total. The minimum Gasteiger partial charge on any atom is -0.257 e. The number of allylic oxidation sites excluding steroid dienone is 1. The van der Waals surface area contributed by atoms with Crippen molar-refractivity contribution >= 4 is 6.08 Å². The van der Waals surface area contributed by atoms with Crippen LogP contribution in [0, 0.1) is 0 Å². The summed E-state index contributed by atoms with van der Waals surface area (Å²) >= 11 is 0. The van der Waals surface area contributed by atoms with Crippen molar-refractivity contribution in [2.24, 2.45) is 0 Å². The Morgan fingerprint density at radius 3 is 2.85 bits per heavy atom. The number of nitrogens with zero attached hydrogens (tertiary/aromatic N) is 1. The van der Waals surface area contributed by atoms with E-state index in [2.05, 4.69) is 50.0 Å². The van der Waals surface area contributed by atoms with E-state index in [1.54, 1.807) is 0 Å². The molecule has 13 heavy (non-hydrogen) atoms. The van der Waals surface area contributed by atoms with E-state index < -0.39 is 0 Å². The molecule has 1 heteroatoms. The molecule has 0 spiro atoms. The molecule has 0 bridgehead atoms. The minimum absolute atomic E-state index is 0.580. The van der Waals surface area contributed by atoms with Crippen LogP contribution in [0.15, 0.2) is 24.4 Å². The predicted octanol–water partition coefficient (Wildman–Crippen LogP) is 3.63. The van der Waals surface area contributed by atoms with Gasteiger partial charge in [-0.1, -0.05) is 26.8 Å². The molecule has 1 aromatic rings. The standard InChI is InChI=1S/C12H17N/c1-4-5-6-12-9-11(10(2)3)7-8-13-12/h5-10H,4H2,1-3H3/b6-5+. The van der Waals surface area contributed by atoms with Gasteiger partial charge in [0.05, 0.1) is 5.69 Å². The van der Waals surface area contributed by atoms with Crippen LogP contribution in [0.5, 0.6) is 0 Å². The summed E-state index contributed by atoms with van der Waals surface area (Å²) in [5.41, 5.74) is 2.42. The number of pyridine rings is 1. The van der Waals surface area contributed by atoms with Crippen molar-refractivity contribution in [1.82, 2.24) is 4.98 Å². The molecule has 70 valence electrons. The van der Waals surface area contributed by atoms with Gasteiger partial charge in [0.1, 0.15) is 0 Å². The van der Waals surface area contributed by atoms with Crippen LogP contribution in [0.25, 0.3) is 6.08 Å². The average Bonchev–Trinajstić information content (AvgIpc) is 2.15. The zero-order chi connectivity index (χ0) is 9.68. The van der Waals surface area contributed by atoms with E-state index >= 15 is 0 Å². The lowest BCUT2D eigenvalue weighted by molar-refractivity contribution is 0.862. The molecule has 0 fully saturated rings. The molecular formula is C12H17N.